The normalized spacial score (nSPS) is 40.2. The molecule has 2 aliphatic heterocycles. The molecule has 0 aromatic rings. The first kappa shape index (κ1) is 11.4. The summed E-state index contributed by atoms with van der Waals surface area (Å²) in [6, 6.07) is 0. The molecule has 88 valence electrons. The van der Waals surface area contributed by atoms with Gasteiger partial charge < -0.3 is 4.74 Å². The van der Waals surface area contributed by atoms with Gasteiger partial charge in [-0.15, -0.1) is 0 Å². The maximum atomic E-state index is 6.29. The quantitative estimate of drug-likeness (QED) is 0.587. The molecule has 2 bridgehead atoms. The molecule has 0 amide bonds. The largest absolute Gasteiger partial charge is 0.374 e. The first-order valence-corrected chi connectivity index (χ1v) is 6.38. The van der Waals surface area contributed by atoms with E-state index in [1.807, 2.05) is 0 Å². The van der Waals surface area contributed by atoms with Gasteiger partial charge in [0.1, 0.15) is 0 Å². The average Bonchev–Trinajstić information content (AvgIpc) is 2.25. The number of hydrogen-bond donors (Lipinski definition) is 0. The van der Waals surface area contributed by atoms with Crippen molar-refractivity contribution in [3.8, 4) is 0 Å². The first-order chi connectivity index (χ1) is 6.74. The smallest absolute Gasteiger partial charge is 0.0735 e. The maximum absolute atomic E-state index is 6.29. The van der Waals surface area contributed by atoms with Gasteiger partial charge in [0.25, 0.3) is 0 Å². The third-order valence-electron chi connectivity index (χ3n) is 4.52. The molecule has 0 N–H and O–H groups in total. The van der Waals surface area contributed by atoms with Crippen molar-refractivity contribution in [2.24, 2.45) is 16.7 Å². The lowest BCUT2D eigenvalue weighted by Gasteiger charge is -2.48. The molecule has 1 aliphatic carbocycles. The van der Waals surface area contributed by atoms with E-state index in [0.29, 0.717) is 5.41 Å². The SMILES string of the molecule is CC1(C)CC2CCC(C(C)(C)C)(C1)OC2. The summed E-state index contributed by atoms with van der Waals surface area (Å²) in [7, 11) is 0. The van der Waals surface area contributed by atoms with E-state index in [4.69, 9.17) is 4.74 Å². The highest BCUT2D eigenvalue weighted by Gasteiger charge is 2.51. The van der Waals surface area contributed by atoms with Crippen LogP contribution in [0, 0.1) is 16.7 Å². The molecule has 0 aromatic heterocycles. The Morgan fingerprint density at radius 3 is 2.33 bits per heavy atom. The fourth-order valence-corrected chi connectivity index (χ4v) is 3.65. The van der Waals surface area contributed by atoms with Gasteiger partial charge in [-0.05, 0) is 42.4 Å². The second-order valence-corrected chi connectivity index (χ2v) is 7.51. The highest BCUT2D eigenvalue weighted by Crippen LogP contribution is 2.54. The van der Waals surface area contributed by atoms with Crippen LogP contribution in [-0.2, 0) is 4.74 Å². The zero-order chi connectivity index (χ0) is 11.3. The van der Waals surface area contributed by atoms with Crippen molar-refractivity contribution >= 4 is 0 Å². The second-order valence-electron chi connectivity index (χ2n) is 7.51. The van der Waals surface area contributed by atoms with E-state index in [2.05, 4.69) is 34.6 Å². The van der Waals surface area contributed by atoms with Crippen molar-refractivity contribution in [3.63, 3.8) is 0 Å². The van der Waals surface area contributed by atoms with Crippen LogP contribution in [-0.4, -0.2) is 12.2 Å². The second kappa shape index (κ2) is 3.23. The van der Waals surface area contributed by atoms with E-state index in [9.17, 15) is 0 Å². The van der Waals surface area contributed by atoms with E-state index >= 15 is 0 Å². The first-order valence-electron chi connectivity index (χ1n) is 6.38. The summed E-state index contributed by atoms with van der Waals surface area (Å²) in [5.41, 5.74) is 0.883. The van der Waals surface area contributed by atoms with Crippen LogP contribution in [0.2, 0.25) is 0 Å². The summed E-state index contributed by atoms with van der Waals surface area (Å²) in [6.07, 6.45) is 5.23. The Morgan fingerprint density at radius 2 is 1.87 bits per heavy atom. The summed E-state index contributed by atoms with van der Waals surface area (Å²) in [6.45, 7) is 12.9. The van der Waals surface area contributed by atoms with Gasteiger partial charge in [-0.3, -0.25) is 0 Å². The summed E-state index contributed by atoms with van der Waals surface area (Å²) >= 11 is 0. The van der Waals surface area contributed by atoms with Crippen molar-refractivity contribution in [1.82, 2.24) is 0 Å². The molecule has 0 aromatic carbocycles. The van der Waals surface area contributed by atoms with Crippen molar-refractivity contribution in [2.45, 2.75) is 65.9 Å². The average molecular weight is 210 g/mol. The molecule has 2 atom stereocenters. The molecule has 15 heavy (non-hydrogen) atoms. The summed E-state index contributed by atoms with van der Waals surface area (Å²) < 4.78 is 6.29. The van der Waals surface area contributed by atoms with Crippen LogP contribution in [0.15, 0.2) is 0 Å². The molecule has 2 unspecified atom stereocenters. The molecular formula is C14H26O. The van der Waals surface area contributed by atoms with Gasteiger partial charge in [0.05, 0.1) is 12.2 Å². The lowest BCUT2D eigenvalue weighted by atomic mass is 9.67. The molecule has 3 rings (SSSR count). The van der Waals surface area contributed by atoms with Gasteiger partial charge in [-0.25, -0.2) is 0 Å². The molecule has 1 heteroatoms. The van der Waals surface area contributed by atoms with Crippen LogP contribution in [0.3, 0.4) is 0 Å². The van der Waals surface area contributed by atoms with Crippen molar-refractivity contribution in [2.75, 3.05) is 6.61 Å². The van der Waals surface area contributed by atoms with Crippen molar-refractivity contribution in [1.29, 1.82) is 0 Å². The summed E-state index contributed by atoms with van der Waals surface area (Å²) in [5, 5.41) is 0. The van der Waals surface area contributed by atoms with E-state index in [1.165, 1.54) is 25.7 Å². The van der Waals surface area contributed by atoms with Crippen LogP contribution in [0.25, 0.3) is 0 Å². The molecule has 3 aliphatic rings. The fourth-order valence-electron chi connectivity index (χ4n) is 3.65. The third kappa shape index (κ3) is 1.95. The number of rotatable bonds is 0. The number of ether oxygens (including phenoxy) is 1. The highest BCUT2D eigenvalue weighted by molar-refractivity contribution is 5.02. The van der Waals surface area contributed by atoms with Crippen molar-refractivity contribution < 1.29 is 4.74 Å². The number of fused-ring (bicyclic) bond motifs is 4. The van der Waals surface area contributed by atoms with E-state index < -0.39 is 0 Å². The minimum atomic E-state index is 0.142. The molecule has 1 saturated carbocycles. The minimum Gasteiger partial charge on any atom is -0.374 e. The molecule has 1 nitrogen and oxygen atoms in total. The van der Waals surface area contributed by atoms with Gasteiger partial charge in [-0.2, -0.15) is 0 Å². The van der Waals surface area contributed by atoms with Crippen molar-refractivity contribution in [3.05, 3.63) is 0 Å². The fraction of sp³-hybridized carbons (Fsp3) is 1.00. The van der Waals surface area contributed by atoms with E-state index in [0.717, 1.165) is 12.5 Å². The Morgan fingerprint density at radius 1 is 1.20 bits per heavy atom. The molecular weight excluding hydrogens is 184 g/mol. The van der Waals surface area contributed by atoms with Gasteiger partial charge in [0.2, 0.25) is 0 Å². The molecule has 0 spiro atoms. The Labute approximate surface area is 94.6 Å². The summed E-state index contributed by atoms with van der Waals surface area (Å²) in [5.74, 6) is 0.818. The Bertz CT molecular complexity index is 239. The van der Waals surface area contributed by atoms with Crippen LogP contribution in [0.1, 0.15) is 60.3 Å². The Kier molecular flexibility index (Phi) is 2.46. The van der Waals surface area contributed by atoms with Crippen LogP contribution >= 0.6 is 0 Å². The van der Waals surface area contributed by atoms with Crippen LogP contribution in [0.4, 0.5) is 0 Å². The maximum Gasteiger partial charge on any atom is 0.0735 e. The summed E-state index contributed by atoms with van der Waals surface area (Å²) in [4.78, 5) is 0. The molecule has 2 heterocycles. The van der Waals surface area contributed by atoms with Gasteiger partial charge >= 0.3 is 0 Å². The van der Waals surface area contributed by atoms with Gasteiger partial charge in [0, 0.05) is 0 Å². The minimum absolute atomic E-state index is 0.142. The molecule has 0 radical (unpaired) electrons. The molecule has 3 fully saturated rings. The lowest BCUT2D eigenvalue weighted by Crippen LogP contribution is -2.48. The predicted octanol–water partition coefficient (Wildman–Crippen LogP) is 4.02. The van der Waals surface area contributed by atoms with E-state index in [-0.39, 0.29) is 11.0 Å². The number of hydrogen-bond acceptors (Lipinski definition) is 1. The predicted molar refractivity (Wildman–Crippen MR) is 63.9 cm³/mol. The van der Waals surface area contributed by atoms with Gasteiger partial charge in [-0.1, -0.05) is 34.6 Å². The lowest BCUT2D eigenvalue weighted by molar-refractivity contribution is -0.156. The van der Waals surface area contributed by atoms with Gasteiger partial charge in [0.15, 0.2) is 0 Å². The topological polar surface area (TPSA) is 9.23 Å². The standard InChI is InChI=1S/C14H26O/c1-12(2,3)14-7-6-11(9-15-14)8-13(4,5)10-14/h11H,6-10H2,1-5H3. The Hall–Kier alpha value is -0.0400. The third-order valence-corrected chi connectivity index (χ3v) is 4.52. The molecule has 2 saturated heterocycles. The van der Waals surface area contributed by atoms with E-state index in [1.54, 1.807) is 0 Å². The highest BCUT2D eigenvalue weighted by atomic mass is 16.5. The van der Waals surface area contributed by atoms with Crippen LogP contribution < -0.4 is 0 Å². The monoisotopic (exact) mass is 210 g/mol. The van der Waals surface area contributed by atoms with Crippen LogP contribution in [0.5, 0.6) is 0 Å². The Balaban J connectivity index is 2.32. The zero-order valence-corrected chi connectivity index (χ0v) is 11.0. The zero-order valence-electron chi connectivity index (χ0n) is 11.0.